The van der Waals surface area contributed by atoms with Gasteiger partial charge in [0.15, 0.2) is 11.5 Å². The van der Waals surface area contributed by atoms with Gasteiger partial charge in [-0.15, -0.1) is 10.2 Å². The van der Waals surface area contributed by atoms with E-state index in [1.807, 2.05) is 20.8 Å². The second kappa shape index (κ2) is 12.0. The summed E-state index contributed by atoms with van der Waals surface area (Å²) in [5.41, 5.74) is 0.453. The summed E-state index contributed by atoms with van der Waals surface area (Å²) in [5, 5.41) is 15.4. The molecule has 2 aromatic heterocycles. The third-order valence-corrected chi connectivity index (χ3v) is 5.84. The Morgan fingerprint density at radius 1 is 1.07 bits per heavy atom. The van der Waals surface area contributed by atoms with Gasteiger partial charge in [-0.2, -0.15) is 4.80 Å². The van der Waals surface area contributed by atoms with Crippen molar-refractivity contribution in [3.63, 3.8) is 0 Å². The number of hydrogen-bond donors (Lipinski definition) is 1. The lowest BCUT2D eigenvalue weighted by Gasteiger charge is -2.33. The monoisotopic (exact) mass is 550 g/mol. The van der Waals surface area contributed by atoms with Crippen LogP contribution in [-0.4, -0.2) is 56.7 Å². The number of furan rings is 1. The van der Waals surface area contributed by atoms with E-state index in [2.05, 4.69) is 20.7 Å². The first kappa shape index (κ1) is 28.3. The first-order chi connectivity index (χ1) is 19.1. The summed E-state index contributed by atoms with van der Waals surface area (Å²) < 4.78 is 29.9. The highest BCUT2D eigenvalue weighted by Crippen LogP contribution is 2.31. The molecule has 40 heavy (non-hydrogen) atoms. The molecule has 0 fully saturated rings. The van der Waals surface area contributed by atoms with E-state index in [9.17, 15) is 14.0 Å². The minimum atomic E-state index is -1.09. The number of carbonyl (C=O) groups excluding carboxylic acids is 2. The quantitative estimate of drug-likeness (QED) is 0.316. The van der Waals surface area contributed by atoms with Crippen LogP contribution in [0, 0.1) is 5.82 Å². The van der Waals surface area contributed by atoms with Crippen LogP contribution in [0.4, 0.5) is 4.39 Å². The number of methoxy groups -OCH3 is 2. The van der Waals surface area contributed by atoms with Gasteiger partial charge < -0.3 is 24.1 Å². The molecule has 2 aromatic carbocycles. The van der Waals surface area contributed by atoms with Gasteiger partial charge in [0.05, 0.1) is 27.0 Å². The van der Waals surface area contributed by atoms with Gasteiger partial charge in [-0.3, -0.25) is 9.59 Å². The van der Waals surface area contributed by atoms with Gasteiger partial charge in [0.25, 0.3) is 0 Å². The van der Waals surface area contributed by atoms with Crippen LogP contribution in [-0.2, 0) is 22.7 Å². The van der Waals surface area contributed by atoms with Crippen LogP contribution < -0.4 is 14.8 Å². The molecule has 11 nitrogen and oxygen atoms in total. The molecule has 0 bridgehead atoms. The van der Waals surface area contributed by atoms with Crippen molar-refractivity contribution >= 4 is 11.8 Å². The summed E-state index contributed by atoms with van der Waals surface area (Å²) in [6, 6.07) is 12.9. The van der Waals surface area contributed by atoms with Gasteiger partial charge in [-0.1, -0.05) is 12.1 Å². The van der Waals surface area contributed by atoms with E-state index < -0.39 is 29.2 Å². The number of aromatic nitrogens is 4. The van der Waals surface area contributed by atoms with Crippen molar-refractivity contribution in [1.29, 1.82) is 0 Å². The van der Waals surface area contributed by atoms with Gasteiger partial charge in [0.2, 0.25) is 17.6 Å². The Morgan fingerprint density at radius 2 is 1.80 bits per heavy atom. The first-order valence-electron chi connectivity index (χ1n) is 12.5. The van der Waals surface area contributed by atoms with E-state index >= 15 is 0 Å². The fourth-order valence-electron chi connectivity index (χ4n) is 4.06. The predicted molar refractivity (Wildman–Crippen MR) is 143 cm³/mol. The molecule has 4 rings (SSSR count). The van der Waals surface area contributed by atoms with Crippen molar-refractivity contribution in [3.8, 4) is 22.9 Å². The number of halogens is 1. The fraction of sp³-hybridized carbons (Fsp3) is 0.321. The van der Waals surface area contributed by atoms with Crippen molar-refractivity contribution in [2.45, 2.75) is 45.4 Å². The normalized spacial score (nSPS) is 12.1. The Labute approximate surface area is 230 Å². The lowest BCUT2D eigenvalue weighted by molar-refractivity contribution is -0.143. The number of tetrazole rings is 1. The Kier molecular flexibility index (Phi) is 8.46. The highest BCUT2D eigenvalue weighted by Gasteiger charge is 2.34. The lowest BCUT2D eigenvalue weighted by Crippen LogP contribution is -2.49. The van der Waals surface area contributed by atoms with Gasteiger partial charge in [0, 0.05) is 11.1 Å². The SMILES string of the molecule is COc1ccc(-c2nnn(CC(=O)N(Cc3ccco3)[C@@H](C(=O)NC(C)(C)C)c3ccc(F)cc3)n2)cc1OC. The molecule has 1 atom stereocenters. The van der Waals surface area contributed by atoms with E-state index in [1.54, 1.807) is 30.3 Å². The van der Waals surface area contributed by atoms with E-state index in [0.717, 1.165) is 4.80 Å². The second-order valence-corrected chi connectivity index (χ2v) is 10.0. The van der Waals surface area contributed by atoms with Crippen LogP contribution in [0.1, 0.15) is 38.1 Å². The molecule has 0 aliphatic heterocycles. The van der Waals surface area contributed by atoms with Crippen molar-refractivity contribution in [1.82, 2.24) is 30.4 Å². The highest BCUT2D eigenvalue weighted by atomic mass is 19.1. The van der Waals surface area contributed by atoms with Gasteiger partial charge >= 0.3 is 0 Å². The van der Waals surface area contributed by atoms with E-state index in [1.165, 1.54) is 49.6 Å². The minimum Gasteiger partial charge on any atom is -0.493 e. The maximum absolute atomic E-state index is 13.8. The maximum atomic E-state index is 13.8. The largest absolute Gasteiger partial charge is 0.493 e. The van der Waals surface area contributed by atoms with E-state index in [4.69, 9.17) is 13.9 Å². The molecule has 2 amide bonds. The number of rotatable bonds is 10. The molecule has 0 saturated heterocycles. The second-order valence-electron chi connectivity index (χ2n) is 10.0. The third-order valence-electron chi connectivity index (χ3n) is 5.84. The molecular weight excluding hydrogens is 519 g/mol. The fourth-order valence-corrected chi connectivity index (χ4v) is 4.06. The number of nitrogens with zero attached hydrogens (tertiary/aromatic N) is 5. The zero-order valence-electron chi connectivity index (χ0n) is 22.9. The molecule has 2 heterocycles. The molecule has 0 spiro atoms. The first-order valence-corrected chi connectivity index (χ1v) is 12.5. The number of hydrogen-bond acceptors (Lipinski definition) is 8. The molecular formula is C28H31FN6O5. The number of nitrogens with one attached hydrogen (secondary N) is 1. The van der Waals surface area contributed by atoms with Crippen molar-refractivity contribution in [3.05, 3.63) is 78.0 Å². The summed E-state index contributed by atoms with van der Waals surface area (Å²) in [5.74, 6) is 0.389. The van der Waals surface area contributed by atoms with Gasteiger partial charge in [-0.05, 0) is 74.0 Å². The maximum Gasteiger partial charge on any atom is 0.247 e. The molecule has 0 radical (unpaired) electrons. The zero-order valence-corrected chi connectivity index (χ0v) is 22.9. The summed E-state index contributed by atoms with van der Waals surface area (Å²) >= 11 is 0. The average Bonchev–Trinajstić information content (AvgIpc) is 3.60. The van der Waals surface area contributed by atoms with Crippen LogP contribution in [0.15, 0.2) is 65.3 Å². The van der Waals surface area contributed by atoms with E-state index in [-0.39, 0.29) is 18.9 Å². The summed E-state index contributed by atoms with van der Waals surface area (Å²) in [6.07, 6.45) is 1.48. The minimum absolute atomic E-state index is 0.0251. The molecule has 0 saturated carbocycles. The molecule has 0 aliphatic rings. The molecule has 210 valence electrons. The lowest BCUT2D eigenvalue weighted by atomic mass is 10.0. The average molecular weight is 551 g/mol. The van der Waals surface area contributed by atoms with Crippen molar-refractivity contribution in [2.24, 2.45) is 0 Å². The highest BCUT2D eigenvalue weighted by molar-refractivity contribution is 5.89. The standard InChI is InChI=1S/C28H31FN6O5/c1-28(2,3)30-27(37)25(18-8-11-20(29)12-9-18)34(16-21-7-6-14-40-21)24(36)17-35-32-26(31-33-35)19-10-13-22(38-4)23(15-19)39-5/h6-15,25H,16-17H2,1-5H3,(H,30,37)/t25-/m1/s1. The summed E-state index contributed by atoms with van der Waals surface area (Å²) in [4.78, 5) is 29.9. The molecule has 4 aromatic rings. The third kappa shape index (κ3) is 6.82. The Hall–Kier alpha value is -4.74. The molecule has 1 N–H and O–H groups in total. The number of ether oxygens (including phenoxy) is 2. The topological polar surface area (TPSA) is 125 Å². The van der Waals surface area contributed by atoms with Crippen LogP contribution in [0.3, 0.4) is 0 Å². The van der Waals surface area contributed by atoms with Crippen molar-refractivity contribution < 1.29 is 27.9 Å². The predicted octanol–water partition coefficient (Wildman–Crippen LogP) is 3.77. The number of amides is 2. The van der Waals surface area contributed by atoms with E-state index in [0.29, 0.717) is 28.4 Å². The Balaban J connectivity index is 1.66. The smallest absolute Gasteiger partial charge is 0.247 e. The van der Waals surface area contributed by atoms with Gasteiger partial charge in [0.1, 0.15) is 24.2 Å². The molecule has 0 unspecified atom stereocenters. The number of carbonyl (C=O) groups is 2. The van der Waals surface area contributed by atoms with Crippen LogP contribution in [0.5, 0.6) is 11.5 Å². The molecule has 12 heteroatoms. The van der Waals surface area contributed by atoms with Crippen LogP contribution >= 0.6 is 0 Å². The van der Waals surface area contributed by atoms with Crippen LogP contribution in [0.25, 0.3) is 11.4 Å². The summed E-state index contributed by atoms with van der Waals surface area (Å²) in [7, 11) is 3.05. The van der Waals surface area contributed by atoms with Crippen LogP contribution in [0.2, 0.25) is 0 Å². The van der Waals surface area contributed by atoms with Gasteiger partial charge in [-0.25, -0.2) is 4.39 Å². The van der Waals surface area contributed by atoms with Crippen molar-refractivity contribution in [2.75, 3.05) is 14.2 Å². The number of benzene rings is 2. The Bertz CT molecular complexity index is 1450. The zero-order chi connectivity index (χ0) is 28.9. The Morgan fingerprint density at radius 3 is 2.42 bits per heavy atom. The summed E-state index contributed by atoms with van der Waals surface area (Å²) in [6.45, 7) is 5.16. The molecule has 0 aliphatic carbocycles.